The van der Waals surface area contributed by atoms with Gasteiger partial charge in [0.1, 0.15) is 0 Å². The van der Waals surface area contributed by atoms with Crippen LogP contribution < -0.4 is 10.6 Å². The van der Waals surface area contributed by atoms with Gasteiger partial charge in [0.25, 0.3) is 0 Å². The maximum Gasteiger partial charge on any atom is 0.323 e. The number of aliphatic hydroxyl groups is 1. The monoisotopic (exact) mass is 402 g/mol. The molecule has 0 aliphatic carbocycles. The van der Waals surface area contributed by atoms with Crippen LogP contribution in [-0.4, -0.2) is 17.7 Å². The van der Waals surface area contributed by atoms with Crippen LogP contribution in [-0.2, 0) is 6.42 Å². The molecule has 0 aromatic heterocycles. The third-order valence-electron chi connectivity index (χ3n) is 2.85. The van der Waals surface area contributed by atoms with Crippen molar-refractivity contribution in [2.45, 2.75) is 6.42 Å². The highest BCUT2D eigenvalue weighted by molar-refractivity contribution is 9.10. The van der Waals surface area contributed by atoms with Gasteiger partial charge in [-0.1, -0.05) is 45.2 Å². The van der Waals surface area contributed by atoms with Gasteiger partial charge in [-0.2, -0.15) is 0 Å². The van der Waals surface area contributed by atoms with E-state index in [-0.39, 0.29) is 6.61 Å². The number of benzene rings is 2. The summed E-state index contributed by atoms with van der Waals surface area (Å²) in [7, 11) is 0. The molecular formula is C15H13BrCl2N2O2. The maximum absolute atomic E-state index is 12.1. The Bertz CT molecular complexity index is 675. The summed E-state index contributed by atoms with van der Waals surface area (Å²) >= 11 is 15.3. The molecule has 0 unspecified atom stereocenters. The van der Waals surface area contributed by atoms with Crippen LogP contribution in [0.2, 0.25) is 10.0 Å². The molecule has 0 bridgehead atoms. The number of rotatable bonds is 4. The Morgan fingerprint density at radius 1 is 1.18 bits per heavy atom. The highest BCUT2D eigenvalue weighted by atomic mass is 79.9. The van der Waals surface area contributed by atoms with Gasteiger partial charge in [0.2, 0.25) is 0 Å². The summed E-state index contributed by atoms with van der Waals surface area (Å²) in [5, 5.41) is 15.5. The first-order valence-corrected chi connectivity index (χ1v) is 7.97. The Kier molecular flexibility index (Phi) is 6.08. The van der Waals surface area contributed by atoms with Crippen LogP contribution in [0.25, 0.3) is 0 Å². The third-order valence-corrected chi connectivity index (χ3v) is 3.88. The summed E-state index contributed by atoms with van der Waals surface area (Å²) in [5.74, 6) is 0. The van der Waals surface area contributed by atoms with Gasteiger partial charge in [0, 0.05) is 32.5 Å². The molecule has 116 valence electrons. The molecule has 0 radical (unpaired) electrons. The molecule has 0 aliphatic heterocycles. The molecule has 0 heterocycles. The molecule has 3 N–H and O–H groups in total. The van der Waals surface area contributed by atoms with Crippen molar-refractivity contribution in [2.24, 2.45) is 0 Å². The second-order valence-electron chi connectivity index (χ2n) is 4.48. The summed E-state index contributed by atoms with van der Waals surface area (Å²) < 4.78 is 0.763. The second-order valence-corrected chi connectivity index (χ2v) is 6.24. The summed E-state index contributed by atoms with van der Waals surface area (Å²) in [5.41, 5.74) is 1.80. The first-order valence-electron chi connectivity index (χ1n) is 6.42. The highest BCUT2D eigenvalue weighted by Crippen LogP contribution is 2.26. The molecule has 0 spiro atoms. The smallest absolute Gasteiger partial charge is 0.323 e. The first kappa shape index (κ1) is 17.1. The van der Waals surface area contributed by atoms with E-state index in [1.807, 2.05) is 0 Å². The van der Waals surface area contributed by atoms with Crippen molar-refractivity contribution < 1.29 is 9.90 Å². The number of amides is 2. The van der Waals surface area contributed by atoms with Gasteiger partial charge in [-0.3, -0.25) is 0 Å². The van der Waals surface area contributed by atoms with E-state index in [2.05, 4.69) is 26.6 Å². The molecule has 2 aromatic carbocycles. The third kappa shape index (κ3) is 4.61. The molecule has 2 amide bonds. The number of halogens is 3. The second kappa shape index (κ2) is 7.83. The summed E-state index contributed by atoms with van der Waals surface area (Å²) in [6, 6.07) is 9.84. The van der Waals surface area contributed by atoms with Crippen LogP contribution in [0, 0.1) is 0 Å². The number of nitrogens with one attached hydrogen (secondary N) is 2. The topological polar surface area (TPSA) is 61.4 Å². The normalized spacial score (nSPS) is 10.4. The van der Waals surface area contributed by atoms with E-state index in [0.29, 0.717) is 33.4 Å². The molecular weight excluding hydrogens is 391 g/mol. The van der Waals surface area contributed by atoms with Gasteiger partial charge in [-0.05, 0) is 42.3 Å². The average molecular weight is 404 g/mol. The Hall–Kier alpha value is -1.27. The fraction of sp³-hybridized carbons (Fsp3) is 0.133. The van der Waals surface area contributed by atoms with Crippen molar-refractivity contribution in [3.63, 3.8) is 0 Å². The van der Waals surface area contributed by atoms with Gasteiger partial charge >= 0.3 is 6.03 Å². The van der Waals surface area contributed by atoms with E-state index in [1.54, 1.807) is 36.4 Å². The lowest BCUT2D eigenvalue weighted by atomic mass is 10.1. The zero-order valence-electron chi connectivity index (χ0n) is 11.4. The van der Waals surface area contributed by atoms with E-state index in [4.69, 9.17) is 28.3 Å². The molecule has 0 aliphatic rings. The minimum Gasteiger partial charge on any atom is -0.396 e. The van der Waals surface area contributed by atoms with Crippen molar-refractivity contribution in [1.82, 2.24) is 0 Å². The fourth-order valence-electron chi connectivity index (χ4n) is 1.95. The van der Waals surface area contributed by atoms with Gasteiger partial charge in [0.15, 0.2) is 0 Å². The quantitative estimate of drug-likeness (QED) is 0.677. The Morgan fingerprint density at radius 2 is 1.95 bits per heavy atom. The number of carbonyl (C=O) groups excluding carboxylic acids is 1. The van der Waals surface area contributed by atoms with E-state index in [9.17, 15) is 4.79 Å². The van der Waals surface area contributed by atoms with Crippen molar-refractivity contribution >= 4 is 56.5 Å². The molecule has 7 heteroatoms. The summed E-state index contributed by atoms with van der Waals surface area (Å²) in [6.07, 6.45) is 0.359. The van der Waals surface area contributed by atoms with Crippen molar-refractivity contribution in [2.75, 3.05) is 17.2 Å². The number of hydrogen-bond acceptors (Lipinski definition) is 2. The van der Waals surface area contributed by atoms with Crippen molar-refractivity contribution in [3.05, 3.63) is 56.5 Å². The van der Waals surface area contributed by atoms with Gasteiger partial charge in [0.05, 0.1) is 0 Å². The van der Waals surface area contributed by atoms with Crippen LogP contribution in [0.15, 0.2) is 40.9 Å². The van der Waals surface area contributed by atoms with Crippen LogP contribution >= 0.6 is 39.1 Å². The van der Waals surface area contributed by atoms with E-state index in [1.165, 1.54) is 0 Å². The SMILES string of the molecule is O=C(Nc1cc(Cl)cc(Br)c1)Nc1cccc(Cl)c1CCO. The summed E-state index contributed by atoms with van der Waals surface area (Å²) in [4.78, 5) is 12.1. The molecule has 4 nitrogen and oxygen atoms in total. The predicted octanol–water partition coefficient (Wildman–Crippen LogP) is 4.93. The van der Waals surface area contributed by atoms with E-state index < -0.39 is 6.03 Å². The Balaban J connectivity index is 2.14. The predicted molar refractivity (Wildman–Crippen MR) is 94.0 cm³/mol. The number of aliphatic hydroxyl groups excluding tert-OH is 1. The average Bonchev–Trinajstić information content (AvgIpc) is 2.41. The summed E-state index contributed by atoms with van der Waals surface area (Å²) in [6.45, 7) is -0.0543. The maximum atomic E-state index is 12.1. The fourth-order valence-corrected chi connectivity index (χ4v) is 3.08. The Labute approximate surface area is 146 Å². The van der Waals surface area contributed by atoms with Crippen LogP contribution in [0.1, 0.15) is 5.56 Å². The number of anilines is 2. The lowest BCUT2D eigenvalue weighted by molar-refractivity contribution is 0.262. The molecule has 22 heavy (non-hydrogen) atoms. The van der Waals surface area contributed by atoms with Crippen LogP contribution in [0.4, 0.5) is 16.2 Å². The number of hydrogen-bond donors (Lipinski definition) is 3. The van der Waals surface area contributed by atoms with E-state index in [0.717, 1.165) is 4.47 Å². The number of urea groups is 1. The minimum absolute atomic E-state index is 0.0543. The van der Waals surface area contributed by atoms with Gasteiger partial charge < -0.3 is 15.7 Å². The zero-order valence-corrected chi connectivity index (χ0v) is 14.5. The highest BCUT2D eigenvalue weighted by Gasteiger charge is 2.10. The standard InChI is InChI=1S/C15H13BrCl2N2O2/c16-9-6-10(17)8-11(7-9)19-15(22)20-14-3-1-2-13(18)12(14)4-5-21/h1-3,6-8,21H,4-5H2,(H2,19,20,22). The van der Waals surface area contributed by atoms with E-state index >= 15 is 0 Å². The molecule has 0 atom stereocenters. The molecule has 0 fully saturated rings. The largest absolute Gasteiger partial charge is 0.396 e. The minimum atomic E-state index is -0.421. The molecule has 2 rings (SSSR count). The molecule has 2 aromatic rings. The van der Waals surface area contributed by atoms with Crippen LogP contribution in [0.5, 0.6) is 0 Å². The Morgan fingerprint density at radius 3 is 2.64 bits per heavy atom. The number of carbonyl (C=O) groups is 1. The van der Waals surface area contributed by atoms with Crippen LogP contribution in [0.3, 0.4) is 0 Å². The van der Waals surface area contributed by atoms with Crippen molar-refractivity contribution in [3.8, 4) is 0 Å². The van der Waals surface area contributed by atoms with Gasteiger partial charge in [-0.15, -0.1) is 0 Å². The molecule has 0 saturated carbocycles. The zero-order chi connectivity index (χ0) is 16.1. The lowest BCUT2D eigenvalue weighted by Crippen LogP contribution is -2.20. The first-order chi connectivity index (χ1) is 10.5. The molecule has 0 saturated heterocycles. The lowest BCUT2D eigenvalue weighted by Gasteiger charge is -2.13. The van der Waals surface area contributed by atoms with Gasteiger partial charge in [-0.25, -0.2) is 4.79 Å². The van der Waals surface area contributed by atoms with Crippen molar-refractivity contribution in [1.29, 1.82) is 0 Å².